The van der Waals surface area contributed by atoms with Gasteiger partial charge in [0.05, 0.1) is 12.0 Å². The Bertz CT molecular complexity index is 737. The van der Waals surface area contributed by atoms with Gasteiger partial charge in [-0.3, -0.25) is 9.20 Å². The van der Waals surface area contributed by atoms with Crippen molar-refractivity contribution in [2.45, 2.75) is 18.9 Å². The Morgan fingerprint density at radius 3 is 3.19 bits per heavy atom. The molecule has 0 radical (unpaired) electrons. The number of amides is 1. The summed E-state index contributed by atoms with van der Waals surface area (Å²) in [6.45, 7) is 1.30. The molecule has 0 aliphatic carbocycles. The third-order valence-electron chi connectivity index (χ3n) is 4.32. The molecule has 2 fully saturated rings. The Morgan fingerprint density at radius 2 is 2.38 bits per heavy atom. The molecule has 110 valence electrons. The van der Waals surface area contributed by atoms with Crippen LogP contribution in [0.3, 0.4) is 0 Å². The average molecular weight is 306 g/mol. The smallest absolute Gasteiger partial charge is 0.356 e. The number of fused-ring (bicyclic) bond motifs is 2. The van der Waals surface area contributed by atoms with Crippen LogP contribution in [0, 0.1) is 5.92 Å². The number of carboxylic acid groups (broad SMARTS) is 1. The Labute approximate surface area is 124 Å². The lowest BCUT2D eigenvalue weighted by atomic mass is 9.91. The van der Waals surface area contributed by atoms with Crippen LogP contribution < -0.4 is 10.2 Å². The first-order valence-corrected chi connectivity index (χ1v) is 7.78. The molecule has 2 aliphatic heterocycles. The lowest BCUT2D eigenvalue weighted by molar-refractivity contribution is -0.123. The number of nitrogens with zero attached hydrogens (tertiary/aromatic N) is 3. The predicted molar refractivity (Wildman–Crippen MR) is 76.9 cm³/mol. The zero-order chi connectivity index (χ0) is 14.6. The monoisotopic (exact) mass is 306 g/mol. The van der Waals surface area contributed by atoms with E-state index in [1.54, 1.807) is 10.6 Å². The number of imidazole rings is 1. The van der Waals surface area contributed by atoms with Crippen LogP contribution in [0.2, 0.25) is 0 Å². The van der Waals surface area contributed by atoms with Gasteiger partial charge >= 0.3 is 5.97 Å². The lowest BCUT2D eigenvalue weighted by Crippen LogP contribution is -2.46. The van der Waals surface area contributed by atoms with Crippen molar-refractivity contribution in [3.63, 3.8) is 0 Å². The van der Waals surface area contributed by atoms with E-state index in [9.17, 15) is 14.7 Å². The van der Waals surface area contributed by atoms with Crippen LogP contribution in [0.25, 0.3) is 4.96 Å². The fourth-order valence-corrected chi connectivity index (χ4v) is 4.10. The maximum atomic E-state index is 11.8. The van der Waals surface area contributed by atoms with Gasteiger partial charge in [-0.1, -0.05) is 0 Å². The molecule has 0 bridgehead atoms. The van der Waals surface area contributed by atoms with E-state index in [1.807, 2.05) is 10.3 Å². The summed E-state index contributed by atoms with van der Waals surface area (Å²) in [5.74, 6) is -0.487. The third-order valence-corrected chi connectivity index (χ3v) is 5.08. The quantitative estimate of drug-likeness (QED) is 0.857. The molecule has 2 aromatic rings. The van der Waals surface area contributed by atoms with Gasteiger partial charge in [0, 0.05) is 24.7 Å². The molecule has 2 unspecified atom stereocenters. The van der Waals surface area contributed by atoms with Gasteiger partial charge < -0.3 is 15.3 Å². The largest absolute Gasteiger partial charge is 0.476 e. The van der Waals surface area contributed by atoms with E-state index in [-0.39, 0.29) is 23.6 Å². The molecule has 2 saturated heterocycles. The van der Waals surface area contributed by atoms with Crippen molar-refractivity contribution in [3.8, 4) is 0 Å². The first-order chi connectivity index (χ1) is 10.2. The third kappa shape index (κ3) is 1.75. The first kappa shape index (κ1) is 12.6. The van der Waals surface area contributed by atoms with Gasteiger partial charge in [-0.2, -0.15) is 0 Å². The molecule has 8 heteroatoms. The van der Waals surface area contributed by atoms with Gasteiger partial charge in [0.15, 0.2) is 16.5 Å². The number of piperidine rings is 1. The number of carbonyl (C=O) groups is 2. The SMILES string of the molecule is O=C(O)c1c(N2CCCC3C(=O)NCC32)nc2sccn12. The maximum Gasteiger partial charge on any atom is 0.356 e. The molecule has 2 aliphatic rings. The lowest BCUT2D eigenvalue weighted by Gasteiger charge is -2.36. The van der Waals surface area contributed by atoms with E-state index >= 15 is 0 Å². The van der Waals surface area contributed by atoms with Crippen LogP contribution in [0.4, 0.5) is 5.82 Å². The van der Waals surface area contributed by atoms with Gasteiger partial charge in [0.2, 0.25) is 5.91 Å². The first-order valence-electron chi connectivity index (χ1n) is 6.90. The number of carboxylic acids is 1. The zero-order valence-electron chi connectivity index (χ0n) is 11.2. The molecule has 2 N–H and O–H groups in total. The minimum atomic E-state index is -0.990. The average Bonchev–Trinajstić information content (AvgIpc) is 3.12. The number of thiazole rings is 1. The van der Waals surface area contributed by atoms with E-state index < -0.39 is 5.97 Å². The van der Waals surface area contributed by atoms with Crippen LogP contribution in [-0.2, 0) is 4.79 Å². The molecule has 4 rings (SSSR count). The minimum absolute atomic E-state index is 0.00829. The highest BCUT2D eigenvalue weighted by Gasteiger charge is 2.42. The van der Waals surface area contributed by atoms with E-state index in [0.29, 0.717) is 17.3 Å². The van der Waals surface area contributed by atoms with Crippen molar-refractivity contribution in [2.24, 2.45) is 5.92 Å². The zero-order valence-corrected chi connectivity index (χ0v) is 12.0. The fourth-order valence-electron chi connectivity index (χ4n) is 3.39. The van der Waals surface area contributed by atoms with Crippen molar-refractivity contribution in [2.75, 3.05) is 18.0 Å². The van der Waals surface area contributed by atoms with Crippen molar-refractivity contribution >= 4 is 34.0 Å². The van der Waals surface area contributed by atoms with E-state index in [1.165, 1.54) is 11.3 Å². The summed E-state index contributed by atoms with van der Waals surface area (Å²) in [6.07, 6.45) is 3.45. The normalized spacial score (nSPS) is 25.1. The van der Waals surface area contributed by atoms with Crippen LogP contribution in [0.5, 0.6) is 0 Å². The van der Waals surface area contributed by atoms with Crippen molar-refractivity contribution in [3.05, 3.63) is 17.3 Å². The Balaban J connectivity index is 1.82. The number of nitrogens with one attached hydrogen (secondary N) is 1. The molecule has 2 atom stereocenters. The maximum absolute atomic E-state index is 11.8. The summed E-state index contributed by atoms with van der Waals surface area (Å²) in [7, 11) is 0. The highest BCUT2D eigenvalue weighted by Crippen LogP contribution is 2.34. The number of hydrogen-bond acceptors (Lipinski definition) is 5. The van der Waals surface area contributed by atoms with Gasteiger partial charge in [-0.25, -0.2) is 9.78 Å². The molecule has 1 amide bonds. The predicted octanol–water partition coefficient (Wildman–Crippen LogP) is 0.809. The Hall–Kier alpha value is -2.09. The van der Waals surface area contributed by atoms with E-state index in [4.69, 9.17) is 0 Å². The standard InChI is InChI=1S/C13H14N4O3S/c18-11-7-2-1-3-16(8(7)6-14-11)10-9(12(19)20)17-4-5-21-13(17)15-10/h4-5,7-8H,1-3,6H2,(H,14,18)(H,19,20). The molecule has 21 heavy (non-hydrogen) atoms. The molecule has 0 saturated carbocycles. The summed E-state index contributed by atoms with van der Waals surface area (Å²) in [5, 5.41) is 14.2. The molecular weight excluding hydrogens is 292 g/mol. The second-order valence-electron chi connectivity index (χ2n) is 5.40. The van der Waals surface area contributed by atoms with Crippen molar-refractivity contribution in [1.29, 1.82) is 0 Å². The summed E-state index contributed by atoms with van der Waals surface area (Å²) >= 11 is 1.41. The number of rotatable bonds is 2. The Morgan fingerprint density at radius 1 is 1.52 bits per heavy atom. The Kier molecular flexibility index (Phi) is 2.68. The molecule has 2 aromatic heterocycles. The number of hydrogen-bond donors (Lipinski definition) is 2. The van der Waals surface area contributed by atoms with Crippen LogP contribution in [0.1, 0.15) is 23.3 Å². The molecule has 4 heterocycles. The molecule has 0 aromatic carbocycles. The fraction of sp³-hybridized carbons (Fsp3) is 0.462. The highest BCUT2D eigenvalue weighted by molar-refractivity contribution is 7.15. The molecule has 0 spiro atoms. The van der Waals surface area contributed by atoms with Crippen LogP contribution >= 0.6 is 11.3 Å². The number of aromatic nitrogens is 2. The van der Waals surface area contributed by atoms with Crippen molar-refractivity contribution < 1.29 is 14.7 Å². The number of aromatic carboxylic acids is 1. The molecule has 7 nitrogen and oxygen atoms in total. The van der Waals surface area contributed by atoms with E-state index in [0.717, 1.165) is 19.4 Å². The van der Waals surface area contributed by atoms with Gasteiger partial charge in [0.25, 0.3) is 0 Å². The van der Waals surface area contributed by atoms with Gasteiger partial charge in [-0.15, -0.1) is 11.3 Å². The summed E-state index contributed by atoms with van der Waals surface area (Å²) in [5.41, 5.74) is 0.186. The summed E-state index contributed by atoms with van der Waals surface area (Å²) in [6, 6.07) is 0.00829. The minimum Gasteiger partial charge on any atom is -0.476 e. The second-order valence-corrected chi connectivity index (χ2v) is 6.27. The molecular formula is C13H14N4O3S. The number of carbonyl (C=O) groups excluding carboxylic acids is 1. The van der Waals surface area contributed by atoms with E-state index in [2.05, 4.69) is 10.3 Å². The van der Waals surface area contributed by atoms with Crippen molar-refractivity contribution in [1.82, 2.24) is 14.7 Å². The summed E-state index contributed by atoms with van der Waals surface area (Å²) in [4.78, 5) is 30.6. The van der Waals surface area contributed by atoms with Crippen LogP contribution in [0.15, 0.2) is 11.6 Å². The van der Waals surface area contributed by atoms with Gasteiger partial charge in [-0.05, 0) is 12.8 Å². The summed E-state index contributed by atoms with van der Waals surface area (Å²) < 4.78 is 1.61. The highest BCUT2D eigenvalue weighted by atomic mass is 32.1. The second kappa shape index (κ2) is 4.45. The van der Waals surface area contributed by atoms with Crippen LogP contribution in [-0.4, -0.2) is 45.5 Å². The number of anilines is 1. The topological polar surface area (TPSA) is 86.9 Å². The van der Waals surface area contributed by atoms with Gasteiger partial charge in [0.1, 0.15) is 0 Å².